The molecular formula is C25H27FN2O2. The number of nitrogens with zero attached hydrogens (tertiary/aromatic N) is 1. The highest BCUT2D eigenvalue weighted by atomic mass is 19.1. The lowest BCUT2D eigenvalue weighted by Crippen LogP contribution is -2.35. The van der Waals surface area contributed by atoms with Crippen molar-refractivity contribution in [3.05, 3.63) is 83.4 Å². The molecule has 1 aromatic heterocycles. The van der Waals surface area contributed by atoms with Gasteiger partial charge in [0.15, 0.2) is 11.6 Å². The molecule has 0 aliphatic carbocycles. The number of carbonyl (C=O) groups is 1. The van der Waals surface area contributed by atoms with Crippen LogP contribution in [0, 0.1) is 18.2 Å². The Kier molecular flexibility index (Phi) is 6.50. The molecular weight excluding hydrogens is 379 g/mol. The van der Waals surface area contributed by atoms with Gasteiger partial charge in [0.05, 0.1) is 12.7 Å². The number of methoxy groups -OCH3 is 1. The normalized spacial score (nSPS) is 11.2. The molecule has 156 valence electrons. The van der Waals surface area contributed by atoms with Crippen LogP contribution in [-0.2, 0) is 6.42 Å². The maximum Gasteiger partial charge on any atom is 0.252 e. The average molecular weight is 407 g/mol. The molecule has 1 amide bonds. The molecule has 0 radical (unpaired) electrons. The topological polar surface area (TPSA) is 51.2 Å². The Hall–Kier alpha value is -3.21. The van der Waals surface area contributed by atoms with E-state index >= 15 is 0 Å². The molecule has 0 aliphatic heterocycles. The lowest BCUT2D eigenvalue weighted by atomic mass is 9.85. The van der Waals surface area contributed by atoms with Crippen molar-refractivity contribution in [2.24, 2.45) is 5.41 Å². The number of nitrogens with one attached hydrogen (secondary N) is 1. The molecule has 0 spiro atoms. The van der Waals surface area contributed by atoms with E-state index in [9.17, 15) is 9.18 Å². The molecule has 1 heterocycles. The summed E-state index contributed by atoms with van der Waals surface area (Å²) in [5, 5.41) is 2.99. The zero-order chi connectivity index (χ0) is 21.7. The molecule has 5 heteroatoms. The first-order chi connectivity index (χ1) is 14.3. The molecule has 1 N–H and O–H groups in total. The van der Waals surface area contributed by atoms with Gasteiger partial charge in [0.1, 0.15) is 0 Å². The lowest BCUT2D eigenvalue weighted by Gasteiger charge is -2.25. The average Bonchev–Trinajstić information content (AvgIpc) is 2.73. The van der Waals surface area contributed by atoms with Crippen LogP contribution in [0.2, 0.25) is 0 Å². The van der Waals surface area contributed by atoms with E-state index < -0.39 is 0 Å². The van der Waals surface area contributed by atoms with E-state index in [4.69, 9.17) is 4.74 Å². The van der Waals surface area contributed by atoms with Crippen LogP contribution in [0.1, 0.15) is 35.5 Å². The highest BCUT2D eigenvalue weighted by molar-refractivity contribution is 5.93. The van der Waals surface area contributed by atoms with E-state index in [2.05, 4.69) is 24.1 Å². The van der Waals surface area contributed by atoms with Crippen LogP contribution in [0.15, 0.2) is 60.8 Å². The Bertz CT molecular complexity index is 1010. The maximum atomic E-state index is 14.5. The first-order valence-corrected chi connectivity index (χ1v) is 9.92. The number of rotatable bonds is 7. The van der Waals surface area contributed by atoms with Crippen molar-refractivity contribution in [3.63, 3.8) is 0 Å². The number of hydrogen-bond acceptors (Lipinski definition) is 3. The highest BCUT2D eigenvalue weighted by Gasteiger charge is 2.20. The van der Waals surface area contributed by atoms with Gasteiger partial charge < -0.3 is 10.1 Å². The van der Waals surface area contributed by atoms with Crippen molar-refractivity contribution >= 4 is 5.91 Å². The van der Waals surface area contributed by atoms with Crippen LogP contribution >= 0.6 is 0 Å². The van der Waals surface area contributed by atoms with Crippen molar-refractivity contribution in [1.29, 1.82) is 0 Å². The minimum Gasteiger partial charge on any atom is -0.494 e. The molecule has 0 unspecified atom stereocenters. The smallest absolute Gasteiger partial charge is 0.252 e. The minimum atomic E-state index is -0.360. The van der Waals surface area contributed by atoms with Crippen LogP contribution in [0.4, 0.5) is 4.39 Å². The molecule has 0 aliphatic rings. The van der Waals surface area contributed by atoms with Crippen molar-refractivity contribution < 1.29 is 13.9 Å². The van der Waals surface area contributed by atoms with Gasteiger partial charge in [-0.3, -0.25) is 9.78 Å². The predicted octanol–water partition coefficient (Wildman–Crippen LogP) is 5.20. The summed E-state index contributed by atoms with van der Waals surface area (Å²) in [6.45, 7) is 6.64. The van der Waals surface area contributed by atoms with Gasteiger partial charge in [0, 0.05) is 24.0 Å². The van der Waals surface area contributed by atoms with E-state index in [0.717, 1.165) is 23.2 Å². The number of halogens is 1. The number of pyridine rings is 1. The molecule has 0 saturated heterocycles. The Balaban J connectivity index is 1.64. The molecule has 0 bridgehead atoms. The number of aromatic nitrogens is 1. The Labute approximate surface area is 177 Å². The first kappa shape index (κ1) is 21.5. The fourth-order valence-electron chi connectivity index (χ4n) is 3.33. The molecule has 0 saturated carbocycles. The third-order valence-corrected chi connectivity index (χ3v) is 5.03. The zero-order valence-corrected chi connectivity index (χ0v) is 17.8. The number of hydrogen-bond donors (Lipinski definition) is 1. The van der Waals surface area contributed by atoms with Gasteiger partial charge in [-0.25, -0.2) is 4.39 Å². The zero-order valence-electron chi connectivity index (χ0n) is 17.8. The monoisotopic (exact) mass is 406 g/mol. The van der Waals surface area contributed by atoms with Gasteiger partial charge in [0.2, 0.25) is 0 Å². The summed E-state index contributed by atoms with van der Waals surface area (Å²) < 4.78 is 19.6. The van der Waals surface area contributed by atoms with Gasteiger partial charge in [0.25, 0.3) is 5.91 Å². The molecule has 3 aromatic rings. The molecule has 30 heavy (non-hydrogen) atoms. The standard InChI is InChI=1S/C25H27FN2O2/c1-17-8-11-20(15-27-17)24(29)28-16-25(2,3)14-18-9-12-19(13-10-18)21-6-5-7-22(30-4)23(21)26/h5-13,15H,14,16H2,1-4H3,(H,28,29). The van der Waals surface area contributed by atoms with Crippen LogP contribution in [-0.4, -0.2) is 24.5 Å². The van der Waals surface area contributed by atoms with Crippen LogP contribution in [0.25, 0.3) is 11.1 Å². The molecule has 3 rings (SSSR count). The molecule has 2 aromatic carbocycles. The Morgan fingerprint density at radius 1 is 1.10 bits per heavy atom. The van der Waals surface area contributed by atoms with Gasteiger partial charge in [-0.2, -0.15) is 0 Å². The molecule has 0 fully saturated rings. The lowest BCUT2D eigenvalue weighted by molar-refractivity contribution is 0.0936. The quantitative estimate of drug-likeness (QED) is 0.586. The second kappa shape index (κ2) is 9.08. The van der Waals surface area contributed by atoms with E-state index in [-0.39, 0.29) is 22.9 Å². The third kappa shape index (κ3) is 5.23. The van der Waals surface area contributed by atoms with Crippen LogP contribution < -0.4 is 10.1 Å². The number of ether oxygens (including phenoxy) is 1. The molecule has 0 atom stereocenters. The van der Waals surface area contributed by atoms with Gasteiger partial charge in [-0.15, -0.1) is 0 Å². The fourth-order valence-corrected chi connectivity index (χ4v) is 3.33. The Morgan fingerprint density at radius 2 is 1.83 bits per heavy atom. The second-order valence-electron chi connectivity index (χ2n) is 8.23. The van der Waals surface area contributed by atoms with Gasteiger partial charge in [-0.05, 0) is 48.1 Å². The van der Waals surface area contributed by atoms with Crippen LogP contribution in [0.5, 0.6) is 5.75 Å². The minimum absolute atomic E-state index is 0.126. The largest absolute Gasteiger partial charge is 0.494 e. The number of benzene rings is 2. The highest BCUT2D eigenvalue weighted by Crippen LogP contribution is 2.30. The van der Waals surface area contributed by atoms with Crippen molar-refractivity contribution in [1.82, 2.24) is 10.3 Å². The number of carbonyl (C=O) groups excluding carboxylic acids is 1. The summed E-state index contributed by atoms with van der Waals surface area (Å²) in [6.07, 6.45) is 2.37. The fraction of sp³-hybridized carbons (Fsp3) is 0.280. The van der Waals surface area contributed by atoms with E-state index in [0.29, 0.717) is 17.7 Å². The van der Waals surface area contributed by atoms with Gasteiger partial charge in [-0.1, -0.05) is 50.2 Å². The molecule has 4 nitrogen and oxygen atoms in total. The second-order valence-corrected chi connectivity index (χ2v) is 8.23. The third-order valence-electron chi connectivity index (χ3n) is 5.03. The summed E-state index contributed by atoms with van der Waals surface area (Å²) in [6, 6.07) is 16.6. The van der Waals surface area contributed by atoms with E-state index in [1.165, 1.54) is 7.11 Å². The SMILES string of the molecule is COc1cccc(-c2ccc(CC(C)(C)CNC(=O)c3ccc(C)nc3)cc2)c1F. The summed E-state index contributed by atoms with van der Waals surface area (Å²) >= 11 is 0. The number of amides is 1. The number of aryl methyl sites for hydroxylation is 1. The van der Waals surface area contributed by atoms with Gasteiger partial charge >= 0.3 is 0 Å². The summed E-state index contributed by atoms with van der Waals surface area (Å²) in [5.74, 6) is -0.252. The summed E-state index contributed by atoms with van der Waals surface area (Å²) in [4.78, 5) is 16.5. The van der Waals surface area contributed by atoms with Crippen molar-refractivity contribution in [3.8, 4) is 16.9 Å². The van der Waals surface area contributed by atoms with E-state index in [1.807, 2.05) is 37.3 Å². The van der Waals surface area contributed by atoms with Crippen molar-refractivity contribution in [2.45, 2.75) is 27.2 Å². The van der Waals surface area contributed by atoms with E-state index in [1.54, 1.807) is 30.5 Å². The summed E-state index contributed by atoms with van der Waals surface area (Å²) in [7, 11) is 1.46. The predicted molar refractivity (Wildman–Crippen MR) is 117 cm³/mol. The van der Waals surface area contributed by atoms with Crippen molar-refractivity contribution in [2.75, 3.05) is 13.7 Å². The maximum absolute atomic E-state index is 14.5. The first-order valence-electron chi connectivity index (χ1n) is 9.92. The Morgan fingerprint density at radius 3 is 2.47 bits per heavy atom. The van der Waals surface area contributed by atoms with Crippen LogP contribution in [0.3, 0.4) is 0 Å². The summed E-state index contributed by atoms with van der Waals surface area (Å²) in [5.41, 5.74) is 3.73.